The predicted octanol–water partition coefficient (Wildman–Crippen LogP) is 3.63. The normalized spacial score (nSPS) is 17.4. The number of nitrogens with one attached hydrogen (secondary N) is 1. The lowest BCUT2D eigenvalue weighted by molar-refractivity contribution is -0.151. The van der Waals surface area contributed by atoms with E-state index in [1.807, 2.05) is 38.1 Å². The van der Waals surface area contributed by atoms with Crippen molar-refractivity contribution in [1.29, 1.82) is 0 Å². The summed E-state index contributed by atoms with van der Waals surface area (Å²) in [4.78, 5) is 38.2. The molecule has 7 heteroatoms. The number of carboxylic acid groups (broad SMARTS) is 2. The Morgan fingerprint density at radius 3 is 2.27 bits per heavy atom. The third-order valence-electron chi connectivity index (χ3n) is 5.82. The number of ketones is 1. The molecule has 1 fully saturated rings. The van der Waals surface area contributed by atoms with Gasteiger partial charge in [-0.2, -0.15) is 0 Å². The van der Waals surface area contributed by atoms with Crippen molar-refractivity contribution in [1.82, 2.24) is 5.32 Å². The van der Waals surface area contributed by atoms with Crippen LogP contribution in [0.1, 0.15) is 70.9 Å². The minimum absolute atomic E-state index is 0.245. The molecular weight excluding hydrogens is 384 g/mol. The molecule has 1 heterocycles. The third kappa shape index (κ3) is 5.81. The topological polar surface area (TPSA) is 107 Å². The van der Waals surface area contributed by atoms with E-state index in [4.69, 9.17) is 5.11 Å². The van der Waals surface area contributed by atoms with Gasteiger partial charge in [-0.3, -0.25) is 14.9 Å². The van der Waals surface area contributed by atoms with Gasteiger partial charge in [0.05, 0.1) is 0 Å². The van der Waals surface area contributed by atoms with Crippen molar-refractivity contribution in [3.8, 4) is 0 Å². The second-order valence-corrected chi connectivity index (χ2v) is 8.59. The minimum Gasteiger partial charge on any atom is -0.481 e. The summed E-state index contributed by atoms with van der Waals surface area (Å²) in [5, 5.41) is 22.2. The van der Waals surface area contributed by atoms with Crippen molar-refractivity contribution in [2.75, 3.05) is 18.0 Å². The second-order valence-electron chi connectivity index (χ2n) is 8.59. The Kier molecular flexibility index (Phi) is 8.41. The number of carbonyl (C=O) groups excluding carboxylic acids is 1. The van der Waals surface area contributed by atoms with E-state index >= 15 is 0 Å². The summed E-state index contributed by atoms with van der Waals surface area (Å²) >= 11 is 0. The van der Waals surface area contributed by atoms with E-state index in [0.29, 0.717) is 6.42 Å². The molecular formula is C23H34N2O5. The number of hydrogen-bond acceptors (Lipinski definition) is 5. The zero-order valence-corrected chi connectivity index (χ0v) is 18.2. The summed E-state index contributed by atoms with van der Waals surface area (Å²) in [5.74, 6) is -2.80. The van der Waals surface area contributed by atoms with E-state index in [-0.39, 0.29) is 12.3 Å². The number of anilines is 1. The lowest BCUT2D eigenvalue weighted by Crippen LogP contribution is -2.58. The first-order valence-electron chi connectivity index (χ1n) is 10.7. The van der Waals surface area contributed by atoms with Gasteiger partial charge < -0.3 is 15.1 Å². The maximum atomic E-state index is 12.5. The van der Waals surface area contributed by atoms with Crippen LogP contribution in [0.15, 0.2) is 24.3 Å². The van der Waals surface area contributed by atoms with Gasteiger partial charge in [-0.15, -0.1) is 0 Å². The molecule has 1 unspecified atom stereocenters. The van der Waals surface area contributed by atoms with Crippen molar-refractivity contribution in [3.63, 3.8) is 0 Å². The number of nitrogens with zero attached hydrogens (tertiary/aromatic N) is 1. The van der Waals surface area contributed by atoms with Gasteiger partial charge >= 0.3 is 11.9 Å². The Morgan fingerprint density at radius 2 is 1.73 bits per heavy atom. The van der Waals surface area contributed by atoms with Crippen LogP contribution in [0.4, 0.5) is 5.69 Å². The van der Waals surface area contributed by atoms with Gasteiger partial charge in [-0.05, 0) is 56.6 Å². The molecule has 0 bridgehead atoms. The van der Waals surface area contributed by atoms with Gasteiger partial charge in [0.1, 0.15) is 0 Å². The molecule has 2 rings (SSSR count). The molecule has 0 radical (unpaired) electrons. The van der Waals surface area contributed by atoms with Crippen molar-refractivity contribution in [2.24, 2.45) is 5.92 Å². The second kappa shape index (κ2) is 10.6. The van der Waals surface area contributed by atoms with Crippen molar-refractivity contribution in [3.05, 3.63) is 29.8 Å². The van der Waals surface area contributed by atoms with Gasteiger partial charge in [-0.25, -0.2) is 4.79 Å². The SMILES string of the molecule is CC(=O)C(CCC(=O)O)(N[C@@H](CC(C)C)c1ccccc1N1CCCCC1)C(=O)O. The lowest BCUT2D eigenvalue weighted by Gasteiger charge is -2.37. The molecule has 1 aromatic carbocycles. The average Bonchev–Trinajstić information content (AvgIpc) is 2.70. The molecule has 7 nitrogen and oxygen atoms in total. The zero-order valence-electron chi connectivity index (χ0n) is 18.2. The molecule has 1 aromatic rings. The number of aliphatic carboxylic acids is 2. The quantitative estimate of drug-likeness (QED) is 0.471. The molecule has 0 aliphatic carbocycles. The number of piperidine rings is 1. The van der Waals surface area contributed by atoms with Crippen LogP contribution in [0.5, 0.6) is 0 Å². The summed E-state index contributed by atoms with van der Waals surface area (Å²) in [5.41, 5.74) is 0.0687. The van der Waals surface area contributed by atoms with Crippen LogP contribution in [0.25, 0.3) is 0 Å². The molecule has 0 aromatic heterocycles. The highest BCUT2D eigenvalue weighted by molar-refractivity contribution is 6.07. The highest BCUT2D eigenvalue weighted by Gasteiger charge is 2.45. The van der Waals surface area contributed by atoms with E-state index in [2.05, 4.69) is 10.2 Å². The molecule has 1 aliphatic rings. The molecule has 0 saturated carbocycles. The Balaban J connectivity index is 2.47. The number of para-hydroxylation sites is 1. The average molecular weight is 419 g/mol. The maximum absolute atomic E-state index is 12.5. The summed E-state index contributed by atoms with van der Waals surface area (Å²) in [7, 11) is 0. The van der Waals surface area contributed by atoms with E-state index in [9.17, 15) is 19.5 Å². The molecule has 0 spiro atoms. The van der Waals surface area contributed by atoms with Gasteiger partial charge in [-0.1, -0.05) is 32.0 Å². The zero-order chi connectivity index (χ0) is 22.3. The fourth-order valence-corrected chi connectivity index (χ4v) is 4.20. The maximum Gasteiger partial charge on any atom is 0.331 e. The van der Waals surface area contributed by atoms with Crippen LogP contribution in [0.2, 0.25) is 0 Å². The predicted molar refractivity (Wildman–Crippen MR) is 116 cm³/mol. The van der Waals surface area contributed by atoms with E-state index in [1.54, 1.807) is 0 Å². The van der Waals surface area contributed by atoms with E-state index in [0.717, 1.165) is 37.2 Å². The van der Waals surface area contributed by atoms with Gasteiger partial charge in [0.25, 0.3) is 0 Å². The van der Waals surface area contributed by atoms with Crippen LogP contribution >= 0.6 is 0 Å². The van der Waals surface area contributed by atoms with Gasteiger partial charge in [0, 0.05) is 31.2 Å². The molecule has 0 amide bonds. The Morgan fingerprint density at radius 1 is 1.10 bits per heavy atom. The van der Waals surface area contributed by atoms with Crippen molar-refractivity contribution in [2.45, 2.75) is 70.9 Å². The Bertz CT molecular complexity index is 742. The Labute approximate surface area is 178 Å². The van der Waals surface area contributed by atoms with Crippen LogP contribution in [0.3, 0.4) is 0 Å². The van der Waals surface area contributed by atoms with Crippen LogP contribution in [0, 0.1) is 5.92 Å². The van der Waals surface area contributed by atoms with E-state index < -0.39 is 35.7 Å². The highest BCUT2D eigenvalue weighted by Crippen LogP contribution is 2.34. The van der Waals surface area contributed by atoms with Crippen LogP contribution < -0.4 is 10.2 Å². The molecule has 166 valence electrons. The molecule has 2 atom stereocenters. The Hall–Kier alpha value is -2.41. The number of carbonyl (C=O) groups is 3. The fourth-order valence-electron chi connectivity index (χ4n) is 4.20. The molecule has 3 N–H and O–H groups in total. The van der Waals surface area contributed by atoms with E-state index in [1.165, 1.54) is 13.3 Å². The lowest BCUT2D eigenvalue weighted by atomic mass is 9.85. The molecule has 1 saturated heterocycles. The third-order valence-corrected chi connectivity index (χ3v) is 5.82. The minimum atomic E-state index is -1.94. The summed E-state index contributed by atoms with van der Waals surface area (Å²) in [6.45, 7) is 7.20. The fraction of sp³-hybridized carbons (Fsp3) is 0.609. The van der Waals surface area contributed by atoms with Gasteiger partial charge in [0.15, 0.2) is 11.3 Å². The number of rotatable bonds is 11. The first-order valence-corrected chi connectivity index (χ1v) is 10.7. The molecule has 1 aliphatic heterocycles. The van der Waals surface area contributed by atoms with Crippen molar-refractivity contribution >= 4 is 23.4 Å². The van der Waals surface area contributed by atoms with Crippen molar-refractivity contribution < 1.29 is 24.6 Å². The smallest absolute Gasteiger partial charge is 0.331 e. The van der Waals surface area contributed by atoms with Crippen LogP contribution in [-0.2, 0) is 14.4 Å². The summed E-state index contributed by atoms with van der Waals surface area (Å²) in [6.07, 6.45) is 3.35. The molecule has 30 heavy (non-hydrogen) atoms. The first-order chi connectivity index (χ1) is 14.2. The highest BCUT2D eigenvalue weighted by atomic mass is 16.4. The summed E-state index contributed by atoms with van der Waals surface area (Å²) < 4.78 is 0. The number of carboxylic acids is 2. The summed E-state index contributed by atoms with van der Waals surface area (Å²) in [6, 6.07) is 7.53. The van der Waals surface area contributed by atoms with Crippen LogP contribution in [-0.4, -0.2) is 46.6 Å². The largest absolute Gasteiger partial charge is 0.481 e. The number of Topliss-reactive ketones (excluding diaryl/α,β-unsaturated/α-hetero) is 1. The van der Waals surface area contributed by atoms with Gasteiger partial charge in [0.2, 0.25) is 0 Å². The number of benzene rings is 1. The first kappa shape index (κ1) is 23.9. The number of hydrogen-bond donors (Lipinski definition) is 3. The standard InChI is InChI=1S/C23H34N2O5/c1-16(2)15-19(24-23(17(3)26,22(29)30)12-11-21(27)28)18-9-5-6-10-20(18)25-13-7-4-8-14-25/h5-6,9-10,16,19,24H,4,7-8,11-15H2,1-3H3,(H,27,28)(H,29,30)/t19-,23?/m0/s1. The monoisotopic (exact) mass is 418 g/mol.